The van der Waals surface area contributed by atoms with Crippen LogP contribution in [-0.2, 0) is 9.59 Å². The van der Waals surface area contributed by atoms with E-state index in [9.17, 15) is 18.8 Å². The molecule has 7 nitrogen and oxygen atoms in total. The second-order valence-corrected chi connectivity index (χ2v) is 8.60. The van der Waals surface area contributed by atoms with Gasteiger partial charge in [-0.25, -0.2) is 4.39 Å². The lowest BCUT2D eigenvalue weighted by Gasteiger charge is -2.25. The van der Waals surface area contributed by atoms with Crippen molar-refractivity contribution in [3.8, 4) is 17.2 Å². The van der Waals surface area contributed by atoms with Crippen LogP contribution in [-0.4, -0.2) is 43.2 Å². The van der Waals surface area contributed by atoms with Crippen molar-refractivity contribution < 1.29 is 33.0 Å². The van der Waals surface area contributed by atoms with Crippen LogP contribution in [0.3, 0.4) is 0 Å². The fraction of sp³-hybridized carbons (Fsp3) is 0.292. The van der Waals surface area contributed by atoms with Gasteiger partial charge in [0.1, 0.15) is 11.9 Å². The number of Topliss-reactive ketones (excluding diaryl/α,β-unsaturated/α-hetero) is 1. The number of carbonyl (C=O) groups excluding carboxylic acids is 3. The van der Waals surface area contributed by atoms with Crippen molar-refractivity contribution in [1.29, 1.82) is 0 Å². The molecule has 0 aromatic heterocycles. The Morgan fingerprint density at radius 3 is 2.27 bits per heavy atom. The van der Waals surface area contributed by atoms with Crippen LogP contribution in [0.15, 0.2) is 41.3 Å². The molecule has 4 rings (SSSR count). The highest BCUT2D eigenvalue weighted by molar-refractivity contribution is 8.18. The summed E-state index contributed by atoms with van der Waals surface area (Å²) in [7, 11) is 4.42. The molecule has 1 aliphatic carbocycles. The van der Waals surface area contributed by atoms with Gasteiger partial charge in [-0.15, -0.1) is 0 Å². The summed E-state index contributed by atoms with van der Waals surface area (Å²) in [6, 6.07) is 7.71. The smallest absolute Gasteiger partial charge is 0.294 e. The van der Waals surface area contributed by atoms with E-state index in [2.05, 4.69) is 0 Å². The zero-order chi connectivity index (χ0) is 23.7. The maximum Gasteiger partial charge on any atom is 0.294 e. The Bertz CT molecular complexity index is 1130. The predicted molar refractivity (Wildman–Crippen MR) is 121 cm³/mol. The number of carbonyl (C=O) groups is 3. The van der Waals surface area contributed by atoms with Crippen LogP contribution >= 0.6 is 11.8 Å². The molecule has 0 bridgehead atoms. The zero-order valence-electron chi connectivity index (χ0n) is 18.3. The number of rotatable bonds is 8. The largest absolute Gasteiger partial charge is 0.493 e. The summed E-state index contributed by atoms with van der Waals surface area (Å²) in [4.78, 5) is 40.2. The van der Waals surface area contributed by atoms with Gasteiger partial charge in [0.25, 0.3) is 11.1 Å². The molecule has 1 heterocycles. The first-order valence-electron chi connectivity index (χ1n) is 10.2. The topological polar surface area (TPSA) is 82.1 Å². The lowest BCUT2D eigenvalue weighted by molar-refractivity contribution is -0.133. The highest BCUT2D eigenvalue weighted by Crippen LogP contribution is 2.44. The molecule has 1 unspecified atom stereocenters. The van der Waals surface area contributed by atoms with Crippen molar-refractivity contribution in [1.82, 2.24) is 4.90 Å². The predicted octanol–water partition coefficient (Wildman–Crippen LogP) is 4.61. The first-order chi connectivity index (χ1) is 15.9. The Kier molecular flexibility index (Phi) is 6.42. The summed E-state index contributed by atoms with van der Waals surface area (Å²) in [5, 5.41) is -0.624. The summed E-state index contributed by atoms with van der Waals surface area (Å²) >= 11 is 0.703. The molecule has 2 aromatic rings. The van der Waals surface area contributed by atoms with Gasteiger partial charge in [0.05, 0.1) is 26.2 Å². The number of hydrogen-bond acceptors (Lipinski definition) is 7. The first-order valence-corrected chi connectivity index (χ1v) is 11.1. The third-order valence-corrected chi connectivity index (χ3v) is 6.40. The van der Waals surface area contributed by atoms with Gasteiger partial charge in [0.15, 0.2) is 17.3 Å². The van der Waals surface area contributed by atoms with E-state index < -0.39 is 23.0 Å². The van der Waals surface area contributed by atoms with Crippen LogP contribution in [0.4, 0.5) is 9.18 Å². The molecule has 0 N–H and O–H groups in total. The highest BCUT2D eigenvalue weighted by atomic mass is 32.2. The summed E-state index contributed by atoms with van der Waals surface area (Å²) in [6.07, 6.45) is 2.85. The Labute approximate surface area is 194 Å². The molecule has 2 amide bonds. The quantitative estimate of drug-likeness (QED) is 0.520. The van der Waals surface area contributed by atoms with Crippen LogP contribution in [0.5, 0.6) is 17.2 Å². The number of ether oxygens (including phenoxy) is 3. The standard InChI is InChI=1S/C24H22FNO6S/c1-30-17-10-13(11-18(31-2)22(17)32-3)12-19-23(28)26(24(29)33-19)20(21(27)14-8-9-14)15-6-4-5-7-16(15)25/h4-7,10-12,14,20H,8-9H2,1-3H3/b19-12-. The lowest BCUT2D eigenvalue weighted by Crippen LogP contribution is -2.38. The Morgan fingerprint density at radius 2 is 1.73 bits per heavy atom. The molecule has 9 heteroatoms. The molecule has 33 heavy (non-hydrogen) atoms. The lowest BCUT2D eigenvalue weighted by atomic mass is 9.97. The van der Waals surface area contributed by atoms with E-state index in [0.29, 0.717) is 47.4 Å². The summed E-state index contributed by atoms with van der Waals surface area (Å²) in [5.41, 5.74) is 0.552. The van der Waals surface area contributed by atoms with Crippen molar-refractivity contribution in [3.63, 3.8) is 0 Å². The second kappa shape index (κ2) is 9.27. The Hall–Kier alpha value is -3.33. The molecule has 0 radical (unpaired) electrons. The minimum atomic E-state index is -1.29. The number of thioether (sulfide) groups is 1. The monoisotopic (exact) mass is 471 g/mol. The molecule has 1 atom stereocenters. The van der Waals surface area contributed by atoms with E-state index in [1.54, 1.807) is 18.2 Å². The van der Waals surface area contributed by atoms with Crippen LogP contribution in [0.2, 0.25) is 0 Å². The van der Waals surface area contributed by atoms with Gasteiger partial charge >= 0.3 is 0 Å². The fourth-order valence-electron chi connectivity index (χ4n) is 3.75. The van der Waals surface area contributed by atoms with Gasteiger partial charge < -0.3 is 14.2 Å². The molecule has 0 spiro atoms. The van der Waals surface area contributed by atoms with Gasteiger partial charge in [-0.1, -0.05) is 18.2 Å². The van der Waals surface area contributed by atoms with Crippen molar-refractivity contribution in [2.75, 3.05) is 21.3 Å². The van der Waals surface area contributed by atoms with Crippen LogP contribution in [0.1, 0.15) is 30.0 Å². The minimum absolute atomic E-state index is 0.0192. The normalized spacial score (nSPS) is 17.9. The number of hydrogen-bond donors (Lipinski definition) is 0. The second-order valence-electron chi connectivity index (χ2n) is 7.61. The maximum absolute atomic E-state index is 14.6. The molecular weight excluding hydrogens is 449 g/mol. The van der Waals surface area contributed by atoms with E-state index in [4.69, 9.17) is 14.2 Å². The van der Waals surface area contributed by atoms with Crippen LogP contribution in [0, 0.1) is 11.7 Å². The van der Waals surface area contributed by atoms with Crippen molar-refractivity contribution in [2.45, 2.75) is 18.9 Å². The van der Waals surface area contributed by atoms with Gasteiger partial charge in [0.2, 0.25) is 5.75 Å². The van der Waals surface area contributed by atoms with E-state index in [0.717, 1.165) is 4.90 Å². The average Bonchev–Trinajstić information content (AvgIpc) is 3.62. The van der Waals surface area contributed by atoms with Crippen molar-refractivity contribution in [2.24, 2.45) is 5.92 Å². The van der Waals surface area contributed by atoms with Crippen molar-refractivity contribution in [3.05, 3.63) is 58.2 Å². The minimum Gasteiger partial charge on any atom is -0.493 e. The molecule has 1 saturated heterocycles. The summed E-state index contributed by atoms with van der Waals surface area (Å²) in [5.74, 6) is -0.726. The van der Waals surface area contributed by atoms with Gasteiger partial charge in [-0.2, -0.15) is 0 Å². The molecule has 2 aromatic carbocycles. The number of methoxy groups -OCH3 is 3. The van der Waals surface area contributed by atoms with E-state index in [1.807, 2.05) is 0 Å². The van der Waals surface area contributed by atoms with Gasteiger partial charge in [-0.05, 0) is 54.4 Å². The van der Waals surface area contributed by atoms with Crippen molar-refractivity contribution >= 4 is 34.8 Å². The molecule has 1 aliphatic heterocycles. The third-order valence-electron chi connectivity index (χ3n) is 5.52. The molecule has 172 valence electrons. The van der Waals surface area contributed by atoms with Gasteiger partial charge in [-0.3, -0.25) is 19.3 Å². The summed E-state index contributed by atoms with van der Waals surface area (Å²) in [6.45, 7) is 0. The number of benzene rings is 2. The highest BCUT2D eigenvalue weighted by Gasteiger charge is 2.47. The van der Waals surface area contributed by atoms with E-state index >= 15 is 0 Å². The SMILES string of the molecule is COc1cc(/C=C2\SC(=O)N(C(C(=O)C3CC3)c3ccccc3F)C2=O)cc(OC)c1OC. The van der Waals surface area contributed by atoms with Gasteiger partial charge in [0, 0.05) is 11.5 Å². The number of ketones is 1. The number of imide groups is 1. The number of nitrogens with zero attached hydrogens (tertiary/aromatic N) is 1. The molecule has 1 saturated carbocycles. The third kappa shape index (κ3) is 4.32. The fourth-order valence-corrected chi connectivity index (χ4v) is 4.60. The molecular formula is C24H22FNO6S. The maximum atomic E-state index is 14.6. The Morgan fingerprint density at radius 1 is 1.09 bits per heavy atom. The first kappa shape index (κ1) is 22.8. The molecule has 2 fully saturated rings. The molecule has 2 aliphatic rings. The zero-order valence-corrected chi connectivity index (χ0v) is 19.1. The Balaban J connectivity index is 1.73. The van der Waals surface area contributed by atoms with E-state index in [1.165, 1.54) is 45.6 Å². The van der Waals surface area contributed by atoms with E-state index in [-0.39, 0.29) is 22.2 Å². The van der Waals surface area contributed by atoms with Crippen LogP contribution in [0.25, 0.3) is 6.08 Å². The number of halogens is 1. The average molecular weight is 472 g/mol. The number of amides is 2. The van der Waals surface area contributed by atoms with Crippen LogP contribution < -0.4 is 14.2 Å². The summed E-state index contributed by atoms with van der Waals surface area (Å²) < 4.78 is 30.6.